The molecule has 9 nitrogen and oxygen atoms in total. The van der Waals surface area contributed by atoms with E-state index < -0.39 is 53.2 Å². The number of rotatable bonds is 3. The maximum absolute atomic E-state index is 14.8. The van der Waals surface area contributed by atoms with Crippen LogP contribution in [0.3, 0.4) is 0 Å². The molecule has 4 aliphatic heterocycles. The second-order valence-electron chi connectivity index (χ2n) is 13.8. The summed E-state index contributed by atoms with van der Waals surface area (Å²) in [4.78, 5) is 61.9. The first-order valence-corrected chi connectivity index (χ1v) is 16.1. The number of fused-ring (bicyclic) bond motifs is 2. The van der Waals surface area contributed by atoms with E-state index in [1.807, 2.05) is 107 Å². The molecule has 2 aromatic rings. The number of allylic oxidation sites excluding steroid dienone is 1. The van der Waals surface area contributed by atoms with Crippen molar-refractivity contribution in [1.29, 1.82) is 0 Å². The highest BCUT2D eigenvalue weighted by atomic mass is 16.6. The molecule has 3 amide bonds. The second kappa shape index (κ2) is 12.2. The van der Waals surface area contributed by atoms with Crippen molar-refractivity contribution >= 4 is 23.7 Å². The number of likely N-dealkylation sites (tertiary alicyclic amines) is 1. The van der Waals surface area contributed by atoms with Crippen LogP contribution in [0, 0.1) is 11.8 Å². The number of carbonyl (C=O) groups is 4. The Labute approximate surface area is 270 Å². The lowest BCUT2D eigenvalue weighted by Gasteiger charge is -2.41. The van der Waals surface area contributed by atoms with E-state index in [2.05, 4.69) is 0 Å². The van der Waals surface area contributed by atoms with Crippen molar-refractivity contribution in [2.75, 3.05) is 13.6 Å². The van der Waals surface area contributed by atoms with Crippen LogP contribution in [0.1, 0.15) is 57.8 Å². The Bertz CT molecular complexity index is 1550. The van der Waals surface area contributed by atoms with Gasteiger partial charge in [0.15, 0.2) is 0 Å². The van der Waals surface area contributed by atoms with E-state index in [9.17, 15) is 19.2 Å². The van der Waals surface area contributed by atoms with E-state index in [1.165, 1.54) is 0 Å². The van der Waals surface area contributed by atoms with Crippen molar-refractivity contribution in [3.05, 3.63) is 96.1 Å². The Morgan fingerprint density at radius 2 is 1.59 bits per heavy atom. The molecule has 4 heterocycles. The van der Waals surface area contributed by atoms with Crippen molar-refractivity contribution in [1.82, 2.24) is 14.7 Å². The van der Waals surface area contributed by atoms with Gasteiger partial charge in [-0.25, -0.2) is 0 Å². The molecule has 5 bridgehead atoms. The van der Waals surface area contributed by atoms with Gasteiger partial charge >= 0.3 is 5.97 Å². The van der Waals surface area contributed by atoms with Gasteiger partial charge in [-0.05, 0) is 45.2 Å². The molecule has 1 spiro atoms. The van der Waals surface area contributed by atoms with Crippen molar-refractivity contribution in [3.8, 4) is 0 Å². The normalized spacial score (nSPS) is 32.6. The van der Waals surface area contributed by atoms with Gasteiger partial charge in [-0.15, -0.1) is 0 Å². The predicted molar refractivity (Wildman–Crippen MR) is 172 cm³/mol. The number of esters is 1. The lowest BCUT2D eigenvalue weighted by Crippen LogP contribution is -2.59. The van der Waals surface area contributed by atoms with E-state index in [0.29, 0.717) is 13.0 Å². The summed E-state index contributed by atoms with van der Waals surface area (Å²) in [7, 11) is 1.72. The van der Waals surface area contributed by atoms with Gasteiger partial charge in [0.1, 0.15) is 23.7 Å². The van der Waals surface area contributed by atoms with Gasteiger partial charge in [-0.3, -0.25) is 19.2 Å². The molecule has 4 aliphatic rings. The van der Waals surface area contributed by atoms with E-state index in [0.717, 1.165) is 11.1 Å². The van der Waals surface area contributed by atoms with Crippen LogP contribution in [0.5, 0.6) is 0 Å². The highest BCUT2D eigenvalue weighted by Crippen LogP contribution is 2.57. The fourth-order valence-corrected chi connectivity index (χ4v) is 7.48. The zero-order valence-corrected chi connectivity index (χ0v) is 27.2. The first kappa shape index (κ1) is 31.7. The van der Waals surface area contributed by atoms with Crippen molar-refractivity contribution in [2.24, 2.45) is 11.8 Å². The minimum Gasteiger partial charge on any atom is -0.455 e. The Kier molecular flexibility index (Phi) is 8.40. The average molecular weight is 626 g/mol. The average Bonchev–Trinajstić information content (AvgIpc) is 3.69. The third-order valence-electron chi connectivity index (χ3n) is 9.86. The van der Waals surface area contributed by atoms with Crippen LogP contribution in [-0.4, -0.2) is 81.3 Å². The van der Waals surface area contributed by atoms with Crippen LogP contribution in [0.4, 0.5) is 0 Å². The summed E-state index contributed by atoms with van der Waals surface area (Å²) in [5.41, 5.74) is -0.362. The second-order valence-corrected chi connectivity index (χ2v) is 13.8. The van der Waals surface area contributed by atoms with Crippen LogP contribution < -0.4 is 0 Å². The number of benzene rings is 2. The monoisotopic (exact) mass is 625 g/mol. The zero-order chi connectivity index (χ0) is 32.8. The number of carbonyl (C=O) groups excluding carboxylic acids is 4. The molecule has 0 N–H and O–H groups in total. The van der Waals surface area contributed by atoms with Gasteiger partial charge in [-0.1, -0.05) is 85.0 Å². The minimum absolute atomic E-state index is 0.0872. The molecule has 2 aromatic carbocycles. The number of ether oxygens (including phenoxy) is 2. The molecule has 242 valence electrons. The Hall–Kier alpha value is -4.24. The van der Waals surface area contributed by atoms with Crippen LogP contribution in [0.2, 0.25) is 0 Å². The van der Waals surface area contributed by atoms with Crippen molar-refractivity contribution in [2.45, 2.75) is 82.5 Å². The number of amides is 3. The number of hydrogen-bond acceptors (Lipinski definition) is 6. The zero-order valence-electron chi connectivity index (χ0n) is 27.2. The molecule has 0 saturated carbocycles. The third-order valence-corrected chi connectivity index (χ3v) is 9.86. The molecule has 0 unspecified atom stereocenters. The van der Waals surface area contributed by atoms with Crippen LogP contribution >= 0.6 is 0 Å². The number of likely N-dealkylation sites (N-methyl/N-ethyl adjacent to an activating group) is 1. The molecule has 0 aromatic heterocycles. The summed E-state index contributed by atoms with van der Waals surface area (Å²) >= 11 is 0. The summed E-state index contributed by atoms with van der Waals surface area (Å²) in [6, 6.07) is 17.6. The van der Waals surface area contributed by atoms with Gasteiger partial charge in [0.2, 0.25) is 17.7 Å². The lowest BCUT2D eigenvalue weighted by molar-refractivity contribution is -0.164. The molecule has 9 heteroatoms. The quantitative estimate of drug-likeness (QED) is 0.370. The van der Waals surface area contributed by atoms with Crippen LogP contribution in [0.15, 0.2) is 85.0 Å². The molecule has 7 atom stereocenters. The molecule has 46 heavy (non-hydrogen) atoms. The maximum atomic E-state index is 14.8. The van der Waals surface area contributed by atoms with Gasteiger partial charge < -0.3 is 24.2 Å². The molecule has 2 fully saturated rings. The molecular formula is C37H43N3O6. The predicted octanol–water partition coefficient (Wildman–Crippen LogP) is 4.45. The lowest BCUT2D eigenvalue weighted by atomic mass is 9.74. The first-order chi connectivity index (χ1) is 21.9. The van der Waals surface area contributed by atoms with Gasteiger partial charge in [0.05, 0.1) is 18.1 Å². The molecule has 2 saturated heterocycles. The summed E-state index contributed by atoms with van der Waals surface area (Å²) < 4.78 is 12.9. The molecule has 0 aliphatic carbocycles. The Morgan fingerprint density at radius 3 is 2.26 bits per heavy atom. The number of nitrogens with zero attached hydrogens (tertiary/aromatic N) is 3. The fourth-order valence-electron chi connectivity index (χ4n) is 7.48. The fraction of sp³-hybridized carbons (Fsp3) is 0.459. The Morgan fingerprint density at radius 1 is 0.913 bits per heavy atom. The van der Waals surface area contributed by atoms with Crippen LogP contribution in [0.25, 0.3) is 0 Å². The van der Waals surface area contributed by atoms with E-state index in [1.54, 1.807) is 27.8 Å². The Balaban J connectivity index is 1.45. The van der Waals surface area contributed by atoms with Gasteiger partial charge in [-0.2, -0.15) is 0 Å². The van der Waals surface area contributed by atoms with Gasteiger partial charge in [0.25, 0.3) is 0 Å². The highest BCUT2D eigenvalue weighted by Gasteiger charge is 2.74. The summed E-state index contributed by atoms with van der Waals surface area (Å²) in [6.45, 7) is 8.18. The summed E-state index contributed by atoms with van der Waals surface area (Å²) in [5, 5.41) is 0. The van der Waals surface area contributed by atoms with Gasteiger partial charge in [0, 0.05) is 32.1 Å². The SMILES string of the molecule is C[C@@H]1[C@@H](c2ccccc2)OC(=O)[C@@H]2[C@@H]3C=C[C@]4(O3)[C@H](C(=O)N(Cc3ccccc3)C/C=C/CCC(=O)N1C)N(C(C)(C)C)C(=O)[C@@H]24. The number of hydrogen-bond donors (Lipinski definition) is 0. The largest absolute Gasteiger partial charge is 0.455 e. The molecule has 6 rings (SSSR count). The first-order valence-electron chi connectivity index (χ1n) is 16.1. The van der Waals surface area contributed by atoms with E-state index in [4.69, 9.17) is 9.47 Å². The van der Waals surface area contributed by atoms with Crippen LogP contribution in [-0.2, 0) is 35.2 Å². The topological polar surface area (TPSA) is 96.5 Å². The maximum Gasteiger partial charge on any atom is 0.313 e. The van der Waals surface area contributed by atoms with E-state index in [-0.39, 0.29) is 30.7 Å². The van der Waals surface area contributed by atoms with Crippen molar-refractivity contribution in [3.63, 3.8) is 0 Å². The smallest absolute Gasteiger partial charge is 0.313 e. The third kappa shape index (κ3) is 5.44. The molecule has 0 radical (unpaired) electrons. The minimum atomic E-state index is -1.32. The molecular weight excluding hydrogens is 582 g/mol. The van der Waals surface area contributed by atoms with E-state index >= 15 is 0 Å². The summed E-state index contributed by atoms with van der Waals surface area (Å²) in [6.07, 6.45) is 6.71. The standard InChI is InChI=1S/C37H43N3O6/c1-24-31(26-17-11-7-12-18-26)45-35(44)29-27-20-21-37(46-27)30(29)33(42)40(36(2,3)4)32(37)34(43)39(23-25-15-9-6-10-16-25)22-14-8-13-19-28(41)38(24)5/h6-12,14-18,20-21,24,27,29-32H,13,19,22-23H2,1-5H3/b14-8+/t24-,27+,29-,30-,31+,32+,37-/m1/s1. The highest BCUT2D eigenvalue weighted by molar-refractivity contribution is 5.99. The number of cyclic esters (lactones) is 1. The summed E-state index contributed by atoms with van der Waals surface area (Å²) in [5.74, 6) is -3.10. The van der Waals surface area contributed by atoms with Crippen molar-refractivity contribution < 1.29 is 28.7 Å².